The molecule has 0 saturated heterocycles. The van der Waals surface area contributed by atoms with Crippen LogP contribution in [0, 0.1) is 5.82 Å². The third kappa shape index (κ3) is 7.07. The Bertz CT molecular complexity index is 1040. The molecule has 0 aliphatic rings. The molecule has 0 spiro atoms. The Labute approximate surface area is 192 Å². The number of carbonyl (C=O) groups excluding carboxylic acids is 2. The largest absolute Gasteiger partial charge is 0.497 e. The number of nitrogens with zero attached hydrogens (tertiary/aromatic N) is 1. The lowest BCUT2D eigenvalue weighted by Gasteiger charge is -2.28. The van der Waals surface area contributed by atoms with Gasteiger partial charge in [-0.05, 0) is 54.4 Å². The molecule has 0 fully saturated rings. The van der Waals surface area contributed by atoms with Gasteiger partial charge in [0.05, 0.1) is 7.11 Å². The van der Waals surface area contributed by atoms with Crippen LogP contribution in [0.3, 0.4) is 0 Å². The van der Waals surface area contributed by atoms with Gasteiger partial charge in [-0.3, -0.25) is 9.59 Å². The molecule has 3 aromatic rings. The lowest BCUT2D eigenvalue weighted by Crippen LogP contribution is -2.48. The Morgan fingerprint density at radius 1 is 0.909 bits per heavy atom. The van der Waals surface area contributed by atoms with Gasteiger partial charge in [-0.25, -0.2) is 4.39 Å². The number of rotatable bonds is 10. The highest BCUT2D eigenvalue weighted by atomic mass is 19.1. The van der Waals surface area contributed by atoms with Crippen LogP contribution in [-0.4, -0.2) is 36.5 Å². The summed E-state index contributed by atoms with van der Waals surface area (Å²) in [5.74, 6) is 0.266. The van der Waals surface area contributed by atoms with E-state index in [1.807, 2.05) is 42.5 Å². The van der Waals surface area contributed by atoms with Gasteiger partial charge in [0.2, 0.25) is 5.91 Å². The van der Waals surface area contributed by atoms with E-state index >= 15 is 0 Å². The minimum Gasteiger partial charge on any atom is -0.497 e. The smallest absolute Gasteiger partial charge is 0.261 e. The molecule has 1 N–H and O–H groups in total. The SMILES string of the molecule is COc1ccc(CNC(=O)C(C)N(Cc2ccc(F)cc2)C(=O)COc2ccccc2)cc1. The fourth-order valence-corrected chi connectivity index (χ4v) is 3.19. The topological polar surface area (TPSA) is 67.9 Å². The zero-order chi connectivity index (χ0) is 23.6. The number of carbonyl (C=O) groups is 2. The van der Waals surface area contributed by atoms with E-state index in [1.54, 1.807) is 38.3 Å². The van der Waals surface area contributed by atoms with Crippen molar-refractivity contribution >= 4 is 11.8 Å². The predicted molar refractivity (Wildman–Crippen MR) is 123 cm³/mol. The first-order valence-electron chi connectivity index (χ1n) is 10.6. The van der Waals surface area contributed by atoms with Crippen LogP contribution < -0.4 is 14.8 Å². The number of methoxy groups -OCH3 is 1. The number of nitrogens with one attached hydrogen (secondary N) is 1. The molecule has 0 saturated carbocycles. The first-order chi connectivity index (χ1) is 16.0. The Hall–Kier alpha value is -3.87. The third-order valence-corrected chi connectivity index (χ3v) is 5.16. The molecule has 2 amide bonds. The van der Waals surface area contributed by atoms with Crippen molar-refractivity contribution in [3.8, 4) is 11.5 Å². The average Bonchev–Trinajstić information content (AvgIpc) is 2.86. The van der Waals surface area contributed by atoms with Gasteiger partial charge in [0, 0.05) is 13.1 Å². The summed E-state index contributed by atoms with van der Waals surface area (Å²) in [4.78, 5) is 27.3. The van der Waals surface area contributed by atoms with Crippen molar-refractivity contribution in [2.45, 2.75) is 26.1 Å². The number of ether oxygens (including phenoxy) is 2. The third-order valence-electron chi connectivity index (χ3n) is 5.16. The number of halogens is 1. The van der Waals surface area contributed by atoms with Crippen molar-refractivity contribution in [1.82, 2.24) is 10.2 Å². The minimum absolute atomic E-state index is 0.147. The summed E-state index contributed by atoms with van der Waals surface area (Å²) < 4.78 is 24.0. The first-order valence-corrected chi connectivity index (χ1v) is 10.6. The van der Waals surface area contributed by atoms with Gasteiger partial charge in [-0.2, -0.15) is 0 Å². The van der Waals surface area contributed by atoms with Crippen molar-refractivity contribution in [1.29, 1.82) is 0 Å². The molecule has 172 valence electrons. The molecule has 7 heteroatoms. The molecule has 1 unspecified atom stereocenters. The summed E-state index contributed by atoms with van der Waals surface area (Å²) in [6.45, 7) is 1.90. The highest BCUT2D eigenvalue weighted by Gasteiger charge is 2.26. The maximum Gasteiger partial charge on any atom is 0.261 e. The molecular weight excluding hydrogens is 423 g/mol. The molecule has 0 radical (unpaired) electrons. The molecular formula is C26H27FN2O4. The quantitative estimate of drug-likeness (QED) is 0.508. The lowest BCUT2D eigenvalue weighted by molar-refractivity contribution is -0.142. The number of hydrogen-bond acceptors (Lipinski definition) is 4. The van der Waals surface area contributed by atoms with Crippen molar-refractivity contribution in [3.63, 3.8) is 0 Å². The standard InChI is InChI=1S/C26H27FN2O4/c1-19(26(31)28-16-20-10-14-23(32-2)15-11-20)29(17-21-8-12-22(27)13-9-21)25(30)18-33-24-6-4-3-5-7-24/h3-15,19H,16-18H2,1-2H3,(H,28,31). The zero-order valence-corrected chi connectivity index (χ0v) is 18.7. The summed E-state index contributed by atoms with van der Waals surface area (Å²) in [7, 11) is 1.59. The van der Waals surface area contributed by atoms with E-state index in [4.69, 9.17) is 9.47 Å². The van der Waals surface area contributed by atoms with Crippen molar-refractivity contribution in [2.75, 3.05) is 13.7 Å². The van der Waals surface area contributed by atoms with Crippen LogP contribution in [-0.2, 0) is 22.7 Å². The molecule has 0 aliphatic heterocycles. The Balaban J connectivity index is 1.67. The summed E-state index contributed by atoms with van der Waals surface area (Å²) in [6.07, 6.45) is 0. The Kier molecular flexibility index (Phi) is 8.41. The summed E-state index contributed by atoms with van der Waals surface area (Å²) in [5.41, 5.74) is 1.61. The van der Waals surface area contributed by atoms with E-state index in [0.717, 1.165) is 11.3 Å². The molecule has 0 bridgehead atoms. The van der Waals surface area contributed by atoms with Crippen LogP contribution in [0.25, 0.3) is 0 Å². The molecule has 1 atom stereocenters. The van der Waals surface area contributed by atoms with Gasteiger partial charge in [0.25, 0.3) is 5.91 Å². The van der Waals surface area contributed by atoms with Crippen molar-refractivity contribution in [2.24, 2.45) is 0 Å². The molecule has 3 rings (SSSR count). The zero-order valence-electron chi connectivity index (χ0n) is 18.7. The van der Waals surface area contributed by atoms with E-state index in [2.05, 4.69) is 5.32 Å². The van der Waals surface area contributed by atoms with Gasteiger partial charge in [0.1, 0.15) is 23.4 Å². The fraction of sp³-hybridized carbons (Fsp3) is 0.231. The molecule has 33 heavy (non-hydrogen) atoms. The maximum atomic E-state index is 13.3. The first kappa shape index (κ1) is 23.8. The van der Waals surface area contributed by atoms with Gasteiger partial charge in [-0.15, -0.1) is 0 Å². The second-order valence-corrected chi connectivity index (χ2v) is 7.49. The van der Waals surface area contributed by atoms with Crippen molar-refractivity contribution < 1.29 is 23.5 Å². The molecule has 0 heterocycles. The van der Waals surface area contributed by atoms with Gasteiger partial charge in [0.15, 0.2) is 6.61 Å². The maximum absolute atomic E-state index is 13.3. The fourth-order valence-electron chi connectivity index (χ4n) is 3.19. The summed E-state index contributed by atoms with van der Waals surface area (Å²) in [5, 5.41) is 2.87. The minimum atomic E-state index is -0.764. The van der Waals surface area contributed by atoms with Crippen LogP contribution in [0.5, 0.6) is 11.5 Å². The predicted octanol–water partition coefficient (Wildman–Crippen LogP) is 3.95. The molecule has 0 aromatic heterocycles. The van der Waals surface area contributed by atoms with Crippen LogP contribution in [0.2, 0.25) is 0 Å². The molecule has 3 aromatic carbocycles. The molecule has 6 nitrogen and oxygen atoms in total. The highest BCUT2D eigenvalue weighted by molar-refractivity contribution is 5.87. The van der Waals surface area contributed by atoms with Crippen LogP contribution in [0.4, 0.5) is 4.39 Å². The molecule has 0 aliphatic carbocycles. The average molecular weight is 451 g/mol. The van der Waals surface area contributed by atoms with Crippen molar-refractivity contribution in [3.05, 3.63) is 95.8 Å². The van der Waals surface area contributed by atoms with Crippen LogP contribution >= 0.6 is 0 Å². The summed E-state index contributed by atoms with van der Waals surface area (Å²) in [6, 6.07) is 21.4. The van der Waals surface area contributed by atoms with E-state index in [0.29, 0.717) is 17.9 Å². The number of benzene rings is 3. The van der Waals surface area contributed by atoms with E-state index < -0.39 is 6.04 Å². The van der Waals surface area contributed by atoms with Gasteiger partial charge >= 0.3 is 0 Å². The number of amides is 2. The van der Waals surface area contributed by atoms with Crippen LogP contribution in [0.15, 0.2) is 78.9 Å². The Morgan fingerprint density at radius 2 is 1.55 bits per heavy atom. The van der Waals surface area contributed by atoms with E-state index in [9.17, 15) is 14.0 Å². The number of para-hydroxylation sites is 1. The van der Waals surface area contributed by atoms with E-state index in [1.165, 1.54) is 17.0 Å². The normalized spacial score (nSPS) is 11.4. The highest BCUT2D eigenvalue weighted by Crippen LogP contribution is 2.14. The Morgan fingerprint density at radius 3 is 2.18 bits per heavy atom. The lowest BCUT2D eigenvalue weighted by atomic mass is 10.1. The monoisotopic (exact) mass is 450 g/mol. The summed E-state index contributed by atoms with van der Waals surface area (Å²) >= 11 is 0. The van der Waals surface area contributed by atoms with Gasteiger partial charge < -0.3 is 19.7 Å². The second-order valence-electron chi connectivity index (χ2n) is 7.49. The van der Waals surface area contributed by atoms with Crippen LogP contribution in [0.1, 0.15) is 18.1 Å². The number of hydrogen-bond donors (Lipinski definition) is 1. The second kappa shape index (κ2) is 11.7. The van der Waals surface area contributed by atoms with E-state index in [-0.39, 0.29) is 30.8 Å². The van der Waals surface area contributed by atoms with Gasteiger partial charge in [-0.1, -0.05) is 42.5 Å².